The molecule has 3 unspecified atom stereocenters. The normalized spacial score (nSPS) is 18.7. The Labute approximate surface area is 188 Å². The van der Waals surface area contributed by atoms with Crippen molar-refractivity contribution in [2.24, 2.45) is 0 Å². The lowest BCUT2D eigenvalue weighted by molar-refractivity contribution is 0.392. The molecule has 3 nitrogen and oxygen atoms in total. The molecule has 3 atom stereocenters. The second-order valence-corrected chi connectivity index (χ2v) is 10.0. The Morgan fingerprint density at radius 3 is 1.91 bits per heavy atom. The van der Waals surface area contributed by atoms with Crippen LogP contribution in [-0.2, 0) is 4.57 Å². The summed E-state index contributed by atoms with van der Waals surface area (Å²) in [6.45, 7) is 4.26. The van der Waals surface area contributed by atoms with E-state index >= 15 is 0 Å². The third kappa shape index (κ3) is 3.58. The average Bonchev–Trinajstić information content (AvgIpc) is 2.83. The molecule has 32 heavy (non-hydrogen) atoms. The molecule has 4 heteroatoms. The van der Waals surface area contributed by atoms with Crippen molar-refractivity contribution in [3.8, 4) is 16.9 Å². The van der Waals surface area contributed by atoms with E-state index in [0.717, 1.165) is 27.8 Å². The molecule has 0 aliphatic carbocycles. The van der Waals surface area contributed by atoms with Gasteiger partial charge in [-0.3, -0.25) is 0 Å². The van der Waals surface area contributed by atoms with E-state index < -0.39 is 7.60 Å². The number of fused-ring (bicyclic) bond motifs is 3. The van der Waals surface area contributed by atoms with Gasteiger partial charge in [0.15, 0.2) is 0 Å². The fourth-order valence-corrected chi connectivity index (χ4v) is 6.18. The summed E-state index contributed by atoms with van der Waals surface area (Å²) in [5.41, 5.74) is 5.90. The molecule has 5 rings (SSSR count). The van der Waals surface area contributed by atoms with Gasteiger partial charge in [0.25, 0.3) is 0 Å². The third-order valence-electron chi connectivity index (χ3n) is 6.41. The first kappa shape index (κ1) is 20.8. The van der Waals surface area contributed by atoms with Gasteiger partial charge in [-0.05, 0) is 34.4 Å². The second-order valence-electron chi connectivity index (χ2n) is 8.38. The molecule has 4 aromatic rings. The van der Waals surface area contributed by atoms with Crippen molar-refractivity contribution in [3.05, 3.63) is 119 Å². The molecule has 1 N–H and O–H groups in total. The highest BCUT2D eigenvalue weighted by Gasteiger charge is 2.38. The Morgan fingerprint density at radius 1 is 0.688 bits per heavy atom. The highest BCUT2D eigenvalue weighted by Crippen LogP contribution is 2.54. The van der Waals surface area contributed by atoms with Crippen LogP contribution in [0.3, 0.4) is 0 Å². The highest BCUT2D eigenvalue weighted by atomic mass is 31.2. The molecule has 0 amide bonds. The Morgan fingerprint density at radius 2 is 1.25 bits per heavy atom. The van der Waals surface area contributed by atoms with E-state index in [9.17, 15) is 9.46 Å². The van der Waals surface area contributed by atoms with Crippen LogP contribution in [0.5, 0.6) is 5.75 Å². The van der Waals surface area contributed by atoms with Crippen LogP contribution in [0.25, 0.3) is 11.1 Å². The van der Waals surface area contributed by atoms with Gasteiger partial charge in [-0.15, -0.1) is 0 Å². The van der Waals surface area contributed by atoms with Crippen LogP contribution in [0.1, 0.15) is 47.9 Å². The van der Waals surface area contributed by atoms with Crippen molar-refractivity contribution in [1.29, 1.82) is 0 Å². The van der Waals surface area contributed by atoms with Crippen LogP contribution in [0.4, 0.5) is 0 Å². The lowest BCUT2D eigenvalue weighted by atomic mass is 9.84. The average molecular weight is 440 g/mol. The molecule has 0 spiro atoms. The van der Waals surface area contributed by atoms with Crippen molar-refractivity contribution in [3.63, 3.8) is 0 Å². The second kappa shape index (κ2) is 8.09. The number of rotatable bonds is 4. The molecule has 4 aromatic carbocycles. The van der Waals surface area contributed by atoms with Gasteiger partial charge in [-0.1, -0.05) is 98.8 Å². The summed E-state index contributed by atoms with van der Waals surface area (Å²) in [6.07, 6.45) is 0. The van der Waals surface area contributed by atoms with Crippen LogP contribution in [0.2, 0.25) is 0 Å². The van der Waals surface area contributed by atoms with Gasteiger partial charge < -0.3 is 9.42 Å². The summed E-state index contributed by atoms with van der Waals surface area (Å²) in [7, 11) is -4.04. The Balaban J connectivity index is 1.78. The minimum atomic E-state index is -4.04. The molecule has 0 saturated heterocycles. The summed E-state index contributed by atoms with van der Waals surface area (Å²) < 4.78 is 19.1. The quantitative estimate of drug-likeness (QED) is 0.353. The molecular weight excluding hydrogens is 415 g/mol. The zero-order valence-corrected chi connectivity index (χ0v) is 19.0. The lowest BCUT2D eigenvalue weighted by Gasteiger charge is -2.30. The number of hydrogen-bond donors (Lipinski definition) is 1. The predicted octanol–water partition coefficient (Wildman–Crippen LogP) is 6.86. The number of para-hydroxylation sites is 1. The standard InChI is InChI=1S/C28H25O3P/c1-19(21-11-5-3-6-12-21)23-17-25(20(2)22-13-7-4-8-14-22)28-26(18-23)24-15-9-10-16-27(24)31-32(28,29)30/h3-20H,1-2H3,(H,29,30). The summed E-state index contributed by atoms with van der Waals surface area (Å²) in [6, 6.07) is 32.1. The summed E-state index contributed by atoms with van der Waals surface area (Å²) in [5, 5.41) is 0.413. The zero-order chi connectivity index (χ0) is 22.3. The lowest BCUT2D eigenvalue weighted by Crippen LogP contribution is -2.24. The van der Waals surface area contributed by atoms with Gasteiger partial charge in [-0.25, -0.2) is 4.57 Å². The Bertz CT molecular complexity index is 1320. The minimum absolute atomic E-state index is 0.0674. The largest absolute Gasteiger partial charge is 0.421 e. The monoisotopic (exact) mass is 440 g/mol. The Hall–Kier alpha value is -3.13. The number of hydrogen-bond acceptors (Lipinski definition) is 2. The maximum atomic E-state index is 13.5. The summed E-state index contributed by atoms with van der Waals surface area (Å²) in [4.78, 5) is 11.0. The van der Waals surface area contributed by atoms with Crippen LogP contribution in [0.15, 0.2) is 97.1 Å². The fourth-order valence-electron chi connectivity index (χ4n) is 4.58. The van der Waals surface area contributed by atoms with E-state index in [1.54, 1.807) is 6.07 Å². The van der Waals surface area contributed by atoms with Gasteiger partial charge in [0.05, 0.1) is 5.30 Å². The van der Waals surface area contributed by atoms with Crippen molar-refractivity contribution in [2.45, 2.75) is 25.7 Å². The van der Waals surface area contributed by atoms with Gasteiger partial charge in [0.1, 0.15) is 5.75 Å². The molecule has 1 aliphatic heterocycles. The molecule has 160 valence electrons. The molecule has 0 radical (unpaired) electrons. The van der Waals surface area contributed by atoms with Gasteiger partial charge in [0.2, 0.25) is 0 Å². The fraction of sp³-hybridized carbons (Fsp3) is 0.143. The van der Waals surface area contributed by atoms with Gasteiger partial charge in [0, 0.05) is 23.0 Å². The van der Waals surface area contributed by atoms with Gasteiger partial charge in [-0.2, -0.15) is 0 Å². The molecule has 0 fully saturated rings. The maximum absolute atomic E-state index is 13.5. The van der Waals surface area contributed by atoms with Crippen LogP contribution in [0, 0.1) is 0 Å². The predicted molar refractivity (Wildman–Crippen MR) is 130 cm³/mol. The van der Waals surface area contributed by atoms with Gasteiger partial charge >= 0.3 is 7.60 Å². The van der Waals surface area contributed by atoms with Crippen molar-refractivity contribution >= 4 is 12.9 Å². The first-order valence-corrected chi connectivity index (χ1v) is 12.4. The van der Waals surface area contributed by atoms with E-state index in [4.69, 9.17) is 4.52 Å². The third-order valence-corrected chi connectivity index (χ3v) is 7.92. The Kier molecular flexibility index (Phi) is 5.25. The van der Waals surface area contributed by atoms with Crippen molar-refractivity contribution in [1.82, 2.24) is 0 Å². The smallest absolute Gasteiger partial charge is 0.409 e. The topological polar surface area (TPSA) is 46.5 Å². The highest BCUT2D eigenvalue weighted by molar-refractivity contribution is 7.62. The minimum Gasteiger partial charge on any atom is -0.421 e. The van der Waals surface area contributed by atoms with Crippen LogP contribution < -0.4 is 9.83 Å². The summed E-state index contributed by atoms with van der Waals surface area (Å²) >= 11 is 0. The van der Waals surface area contributed by atoms with E-state index in [-0.39, 0.29) is 11.8 Å². The van der Waals surface area contributed by atoms with E-state index in [1.807, 2.05) is 54.6 Å². The van der Waals surface area contributed by atoms with Crippen LogP contribution in [-0.4, -0.2) is 4.89 Å². The molecule has 1 aliphatic rings. The number of benzene rings is 4. The molecular formula is C28H25O3P. The van der Waals surface area contributed by atoms with Crippen molar-refractivity contribution in [2.75, 3.05) is 0 Å². The maximum Gasteiger partial charge on any atom is 0.409 e. The molecule has 0 saturated carbocycles. The van der Waals surface area contributed by atoms with E-state index in [0.29, 0.717) is 11.1 Å². The SMILES string of the molecule is CC(c1ccccc1)c1cc2c(c(C(C)c3ccccc3)c1)P(=O)(O)Oc1ccccc1-2. The van der Waals surface area contributed by atoms with E-state index in [2.05, 4.69) is 50.2 Å². The molecule has 0 bridgehead atoms. The van der Waals surface area contributed by atoms with Crippen molar-refractivity contribution < 1.29 is 14.0 Å². The molecule has 1 heterocycles. The summed E-state index contributed by atoms with van der Waals surface area (Å²) in [5.74, 6) is 0.521. The van der Waals surface area contributed by atoms with Crippen LogP contribution >= 0.6 is 7.60 Å². The zero-order valence-electron chi connectivity index (χ0n) is 18.1. The molecule has 0 aromatic heterocycles. The first-order chi connectivity index (χ1) is 15.5. The van der Waals surface area contributed by atoms with E-state index in [1.165, 1.54) is 5.56 Å². The first-order valence-electron chi connectivity index (χ1n) is 10.9.